The number of aliphatic imine (C=N–C) groups is 1. The first-order chi connectivity index (χ1) is 11.0. The molecule has 0 fully saturated rings. The second-order valence-electron chi connectivity index (χ2n) is 8.51. The summed E-state index contributed by atoms with van der Waals surface area (Å²) >= 11 is 0. The molecule has 1 aromatic rings. The van der Waals surface area contributed by atoms with Crippen LogP contribution in [0.5, 0.6) is 0 Å². The second-order valence-corrected chi connectivity index (χ2v) is 8.51. The minimum atomic E-state index is -1.42. The van der Waals surface area contributed by atoms with Gasteiger partial charge in [-0.3, -0.25) is 0 Å². The molecule has 0 spiro atoms. The Hall–Kier alpha value is -1.86. The van der Waals surface area contributed by atoms with Crippen molar-refractivity contribution in [3.63, 3.8) is 0 Å². The Bertz CT molecular complexity index is 678. The molecule has 1 aliphatic rings. The van der Waals surface area contributed by atoms with E-state index in [1.807, 2.05) is 38.1 Å². The molecule has 1 heterocycles. The van der Waals surface area contributed by atoms with Gasteiger partial charge >= 0.3 is 5.79 Å². The molecule has 0 bridgehead atoms. The van der Waals surface area contributed by atoms with Crippen molar-refractivity contribution in [2.75, 3.05) is 0 Å². The molecule has 1 atom stereocenters. The molecule has 24 heavy (non-hydrogen) atoms. The van der Waals surface area contributed by atoms with Gasteiger partial charge in [0, 0.05) is 5.56 Å². The lowest BCUT2D eigenvalue weighted by Crippen LogP contribution is -2.32. The standard InChI is InChI=1S/C20H28N2O2/c1-14(2)23-20(13-21)16-11-9-8-10-15(16)17(24-20)22-19(6,7)12-18(3,4)5/h8-11,14H,12H2,1-7H3. The molecular weight excluding hydrogens is 300 g/mol. The number of hydrogen-bond acceptors (Lipinski definition) is 4. The number of nitrogens with zero attached hydrogens (tertiary/aromatic N) is 2. The molecule has 1 aromatic carbocycles. The highest BCUT2D eigenvalue weighted by atomic mass is 16.7. The summed E-state index contributed by atoms with van der Waals surface area (Å²) in [6, 6.07) is 9.83. The summed E-state index contributed by atoms with van der Waals surface area (Å²) in [5, 5.41) is 9.76. The first-order valence-electron chi connectivity index (χ1n) is 8.46. The van der Waals surface area contributed by atoms with Crippen molar-refractivity contribution in [1.82, 2.24) is 0 Å². The summed E-state index contributed by atoms with van der Waals surface area (Å²) < 4.78 is 11.9. The van der Waals surface area contributed by atoms with Gasteiger partial charge in [0.2, 0.25) is 5.90 Å². The number of hydrogen-bond donors (Lipinski definition) is 0. The van der Waals surface area contributed by atoms with Gasteiger partial charge in [0.25, 0.3) is 0 Å². The van der Waals surface area contributed by atoms with Gasteiger partial charge in [0.1, 0.15) is 6.07 Å². The van der Waals surface area contributed by atoms with Crippen molar-refractivity contribution in [3.8, 4) is 6.07 Å². The Morgan fingerprint density at radius 1 is 1.21 bits per heavy atom. The molecule has 0 radical (unpaired) electrons. The summed E-state index contributed by atoms with van der Waals surface area (Å²) in [7, 11) is 0. The SMILES string of the molecule is CC(C)OC1(C#N)OC(=NC(C)(C)CC(C)(C)C)c2ccccc21. The number of rotatable bonds is 4. The van der Waals surface area contributed by atoms with Crippen LogP contribution >= 0.6 is 0 Å². The molecule has 0 aromatic heterocycles. The molecule has 0 N–H and O–H groups in total. The van der Waals surface area contributed by atoms with Crippen molar-refractivity contribution in [2.45, 2.75) is 72.3 Å². The monoisotopic (exact) mass is 328 g/mol. The van der Waals surface area contributed by atoms with Crippen molar-refractivity contribution in [3.05, 3.63) is 35.4 Å². The van der Waals surface area contributed by atoms with Crippen molar-refractivity contribution >= 4 is 5.90 Å². The number of nitriles is 1. The summed E-state index contributed by atoms with van der Waals surface area (Å²) in [6.07, 6.45) is 0.763. The molecule has 0 saturated heterocycles. The fraction of sp³-hybridized carbons (Fsp3) is 0.600. The van der Waals surface area contributed by atoms with Gasteiger partial charge in [-0.05, 0) is 45.6 Å². The van der Waals surface area contributed by atoms with Crippen LogP contribution in [-0.2, 0) is 15.3 Å². The topological polar surface area (TPSA) is 54.6 Å². The minimum absolute atomic E-state index is 0.139. The molecular formula is C20H28N2O2. The first-order valence-corrected chi connectivity index (χ1v) is 8.46. The normalized spacial score (nSPS) is 22.4. The van der Waals surface area contributed by atoms with Crippen LogP contribution in [0.1, 0.15) is 66.0 Å². The number of ether oxygens (including phenoxy) is 2. The fourth-order valence-electron chi connectivity index (χ4n) is 3.43. The van der Waals surface area contributed by atoms with Gasteiger partial charge < -0.3 is 9.47 Å². The van der Waals surface area contributed by atoms with Crippen LogP contribution < -0.4 is 0 Å². The average Bonchev–Trinajstić information content (AvgIpc) is 2.70. The first kappa shape index (κ1) is 18.5. The zero-order chi connectivity index (χ0) is 18.2. The van der Waals surface area contributed by atoms with E-state index in [0.29, 0.717) is 5.90 Å². The maximum Gasteiger partial charge on any atom is 0.330 e. The maximum atomic E-state index is 9.76. The molecule has 130 valence electrons. The Labute approximate surface area is 145 Å². The largest absolute Gasteiger partial charge is 0.427 e. The van der Waals surface area contributed by atoms with Crippen LogP contribution in [0, 0.1) is 16.7 Å². The van der Waals surface area contributed by atoms with Crippen LogP contribution in [0.2, 0.25) is 0 Å². The predicted molar refractivity (Wildman–Crippen MR) is 95.7 cm³/mol. The van der Waals surface area contributed by atoms with E-state index in [1.54, 1.807) is 0 Å². The van der Waals surface area contributed by atoms with Gasteiger partial charge in [-0.2, -0.15) is 5.26 Å². The van der Waals surface area contributed by atoms with E-state index < -0.39 is 5.79 Å². The summed E-state index contributed by atoms with van der Waals surface area (Å²) in [6.45, 7) is 14.5. The van der Waals surface area contributed by atoms with Gasteiger partial charge in [0.05, 0.1) is 17.2 Å². The number of fused-ring (bicyclic) bond motifs is 1. The van der Waals surface area contributed by atoms with Crippen molar-refractivity contribution < 1.29 is 9.47 Å². The van der Waals surface area contributed by atoms with Gasteiger partial charge in [-0.1, -0.05) is 39.0 Å². The minimum Gasteiger partial charge on any atom is -0.427 e. The van der Waals surface area contributed by atoms with Gasteiger partial charge in [-0.15, -0.1) is 0 Å². The highest BCUT2D eigenvalue weighted by Crippen LogP contribution is 2.40. The van der Waals surface area contributed by atoms with Gasteiger partial charge in [-0.25, -0.2) is 4.99 Å². The molecule has 4 heteroatoms. The van der Waals surface area contributed by atoms with E-state index in [1.165, 1.54) is 0 Å². The summed E-state index contributed by atoms with van der Waals surface area (Å²) in [5.41, 5.74) is 1.41. The van der Waals surface area contributed by atoms with Crippen LogP contribution in [0.15, 0.2) is 29.3 Å². The fourth-order valence-corrected chi connectivity index (χ4v) is 3.43. The van der Waals surface area contributed by atoms with E-state index in [-0.39, 0.29) is 17.1 Å². The lowest BCUT2D eigenvalue weighted by atomic mass is 9.82. The Balaban J connectivity index is 2.48. The quantitative estimate of drug-likeness (QED) is 0.799. The highest BCUT2D eigenvalue weighted by molar-refractivity contribution is 5.99. The smallest absolute Gasteiger partial charge is 0.330 e. The van der Waals surface area contributed by atoms with E-state index in [0.717, 1.165) is 17.5 Å². The molecule has 0 saturated carbocycles. The molecule has 0 aliphatic carbocycles. The third-order valence-corrected chi connectivity index (χ3v) is 3.67. The lowest BCUT2D eigenvalue weighted by Gasteiger charge is -2.29. The predicted octanol–water partition coefficient (Wildman–Crippen LogP) is 4.78. The zero-order valence-corrected chi connectivity index (χ0v) is 15.8. The second kappa shape index (κ2) is 6.22. The van der Waals surface area contributed by atoms with Crippen molar-refractivity contribution in [1.29, 1.82) is 5.26 Å². The third-order valence-electron chi connectivity index (χ3n) is 3.67. The van der Waals surface area contributed by atoms with E-state index in [2.05, 4.69) is 40.7 Å². The number of benzene rings is 1. The molecule has 2 rings (SSSR count). The molecule has 1 aliphatic heterocycles. The molecule has 1 unspecified atom stereocenters. The van der Waals surface area contributed by atoms with Crippen LogP contribution in [0.3, 0.4) is 0 Å². The van der Waals surface area contributed by atoms with Crippen LogP contribution in [0.25, 0.3) is 0 Å². The maximum absolute atomic E-state index is 9.76. The Kier molecular flexibility index (Phi) is 4.79. The van der Waals surface area contributed by atoms with Crippen molar-refractivity contribution in [2.24, 2.45) is 10.4 Å². The zero-order valence-electron chi connectivity index (χ0n) is 15.8. The summed E-state index contributed by atoms with van der Waals surface area (Å²) in [4.78, 5) is 4.85. The van der Waals surface area contributed by atoms with E-state index >= 15 is 0 Å². The molecule has 4 nitrogen and oxygen atoms in total. The van der Waals surface area contributed by atoms with Gasteiger partial charge in [0.15, 0.2) is 0 Å². The van der Waals surface area contributed by atoms with E-state index in [4.69, 9.17) is 14.5 Å². The van der Waals surface area contributed by atoms with Crippen LogP contribution in [0.4, 0.5) is 0 Å². The lowest BCUT2D eigenvalue weighted by molar-refractivity contribution is -0.172. The van der Waals surface area contributed by atoms with Crippen LogP contribution in [-0.4, -0.2) is 17.5 Å². The third kappa shape index (κ3) is 3.96. The Morgan fingerprint density at radius 2 is 1.83 bits per heavy atom. The average molecular weight is 328 g/mol. The molecule has 0 amide bonds. The summed E-state index contributed by atoms with van der Waals surface area (Å²) in [5.74, 6) is -0.927. The Morgan fingerprint density at radius 3 is 2.38 bits per heavy atom. The highest BCUT2D eigenvalue weighted by Gasteiger charge is 2.47. The van der Waals surface area contributed by atoms with E-state index in [9.17, 15) is 5.26 Å².